The Kier molecular flexibility index (Phi) is 6.62. The van der Waals surface area contributed by atoms with Crippen LogP contribution in [0.1, 0.15) is 5.56 Å². The molecule has 9 nitrogen and oxygen atoms in total. The number of amides is 1. The van der Waals surface area contributed by atoms with Crippen molar-refractivity contribution in [3.05, 3.63) is 58.1 Å². The number of hydrogen-bond acceptors (Lipinski definition) is 9. The fourth-order valence-electron chi connectivity index (χ4n) is 2.39. The number of nitrogens with one attached hydrogen (secondary N) is 2. The van der Waals surface area contributed by atoms with Crippen LogP contribution >= 0.6 is 23.1 Å². The molecule has 2 aromatic carbocycles. The van der Waals surface area contributed by atoms with Gasteiger partial charge in [0.2, 0.25) is 11.0 Å². The number of nitro benzene ring substituents is 1. The SMILES string of the molecule is COc1ccccc1Nc1nnc(SCC(=O)Nc2ccc(C)c([N+](=O)[O-])c2)s1. The fraction of sp³-hybridized carbons (Fsp3) is 0.167. The smallest absolute Gasteiger partial charge is 0.274 e. The van der Waals surface area contributed by atoms with Gasteiger partial charge in [0.1, 0.15) is 5.75 Å². The molecule has 150 valence electrons. The van der Waals surface area contributed by atoms with Crippen molar-refractivity contribution in [2.24, 2.45) is 0 Å². The van der Waals surface area contributed by atoms with Crippen LogP contribution in [0.25, 0.3) is 0 Å². The highest BCUT2D eigenvalue weighted by Crippen LogP contribution is 2.31. The summed E-state index contributed by atoms with van der Waals surface area (Å²) < 4.78 is 5.90. The second-order valence-electron chi connectivity index (χ2n) is 5.79. The molecule has 0 aliphatic carbocycles. The molecule has 1 amide bonds. The Morgan fingerprint density at radius 1 is 1.28 bits per heavy atom. The Morgan fingerprint density at radius 2 is 2.07 bits per heavy atom. The van der Waals surface area contributed by atoms with Gasteiger partial charge in [-0.2, -0.15) is 0 Å². The standard InChI is InChI=1S/C18H17N5O4S2/c1-11-7-8-12(9-14(11)23(25)26)19-16(24)10-28-18-22-21-17(29-18)20-13-5-3-4-6-15(13)27-2/h3-9H,10H2,1-2H3,(H,19,24)(H,20,21). The number of hydrogen-bond donors (Lipinski definition) is 2. The zero-order valence-electron chi connectivity index (χ0n) is 15.5. The number of methoxy groups -OCH3 is 1. The molecule has 1 aromatic heterocycles. The molecule has 0 radical (unpaired) electrons. The summed E-state index contributed by atoms with van der Waals surface area (Å²) in [6.45, 7) is 1.64. The van der Waals surface area contributed by atoms with Crippen LogP contribution in [0, 0.1) is 17.0 Å². The summed E-state index contributed by atoms with van der Waals surface area (Å²) in [5.74, 6) is 0.497. The van der Waals surface area contributed by atoms with Crippen LogP contribution < -0.4 is 15.4 Å². The molecule has 0 unspecified atom stereocenters. The largest absolute Gasteiger partial charge is 0.495 e. The molecule has 0 fully saturated rings. The number of ether oxygens (including phenoxy) is 1. The van der Waals surface area contributed by atoms with Crippen LogP contribution in [0.5, 0.6) is 5.75 Å². The minimum atomic E-state index is -0.475. The van der Waals surface area contributed by atoms with Crippen LogP contribution in [0.2, 0.25) is 0 Å². The van der Waals surface area contributed by atoms with Gasteiger partial charge in [0, 0.05) is 17.3 Å². The van der Waals surface area contributed by atoms with Gasteiger partial charge in [-0.1, -0.05) is 41.3 Å². The number of thioether (sulfide) groups is 1. The number of para-hydroxylation sites is 2. The molecule has 0 bridgehead atoms. The van der Waals surface area contributed by atoms with E-state index >= 15 is 0 Å². The monoisotopic (exact) mass is 431 g/mol. The lowest BCUT2D eigenvalue weighted by molar-refractivity contribution is -0.385. The van der Waals surface area contributed by atoms with Gasteiger partial charge in [0.15, 0.2) is 4.34 Å². The van der Waals surface area contributed by atoms with E-state index < -0.39 is 4.92 Å². The Bertz CT molecular complexity index is 1040. The molecule has 0 atom stereocenters. The first kappa shape index (κ1) is 20.6. The predicted octanol–water partition coefficient (Wildman–Crippen LogP) is 4.24. The summed E-state index contributed by atoms with van der Waals surface area (Å²) in [6, 6.07) is 12.0. The van der Waals surface area contributed by atoms with Crippen molar-refractivity contribution >= 4 is 51.2 Å². The zero-order chi connectivity index (χ0) is 20.8. The molecule has 2 N–H and O–H groups in total. The quantitative estimate of drug-likeness (QED) is 0.309. The van der Waals surface area contributed by atoms with Crippen LogP contribution in [0.15, 0.2) is 46.8 Å². The highest BCUT2D eigenvalue weighted by atomic mass is 32.2. The number of carbonyl (C=O) groups is 1. The molecule has 0 saturated heterocycles. The van der Waals surface area contributed by atoms with E-state index in [9.17, 15) is 14.9 Å². The van der Waals surface area contributed by atoms with Crippen molar-refractivity contribution in [2.45, 2.75) is 11.3 Å². The van der Waals surface area contributed by atoms with Gasteiger partial charge in [0.05, 0.1) is 23.5 Å². The van der Waals surface area contributed by atoms with Gasteiger partial charge in [0.25, 0.3) is 5.69 Å². The van der Waals surface area contributed by atoms with Crippen molar-refractivity contribution in [1.29, 1.82) is 0 Å². The van der Waals surface area contributed by atoms with Crippen LogP contribution in [0.3, 0.4) is 0 Å². The molecule has 0 aliphatic heterocycles. The summed E-state index contributed by atoms with van der Waals surface area (Å²) in [6.07, 6.45) is 0. The first-order valence-corrected chi connectivity index (χ1v) is 10.2. The zero-order valence-corrected chi connectivity index (χ0v) is 17.2. The molecule has 1 heterocycles. The third-order valence-electron chi connectivity index (χ3n) is 3.77. The Morgan fingerprint density at radius 3 is 2.83 bits per heavy atom. The number of rotatable bonds is 8. The maximum absolute atomic E-state index is 12.2. The van der Waals surface area contributed by atoms with E-state index in [0.29, 0.717) is 26.5 Å². The van der Waals surface area contributed by atoms with Gasteiger partial charge < -0.3 is 15.4 Å². The second kappa shape index (κ2) is 9.34. The van der Waals surface area contributed by atoms with E-state index in [1.807, 2.05) is 24.3 Å². The van der Waals surface area contributed by atoms with Gasteiger partial charge in [-0.15, -0.1) is 10.2 Å². The maximum Gasteiger partial charge on any atom is 0.274 e. The molecule has 29 heavy (non-hydrogen) atoms. The predicted molar refractivity (Wildman–Crippen MR) is 113 cm³/mol. The molecule has 3 rings (SSSR count). The molecular formula is C18H17N5O4S2. The molecule has 0 spiro atoms. The van der Waals surface area contributed by atoms with Crippen molar-refractivity contribution in [3.63, 3.8) is 0 Å². The summed E-state index contributed by atoms with van der Waals surface area (Å²) in [4.78, 5) is 22.7. The third kappa shape index (κ3) is 5.42. The van der Waals surface area contributed by atoms with Crippen molar-refractivity contribution < 1.29 is 14.5 Å². The summed E-state index contributed by atoms with van der Waals surface area (Å²) in [5, 5.41) is 25.5. The van der Waals surface area contributed by atoms with Crippen molar-refractivity contribution in [2.75, 3.05) is 23.5 Å². The van der Waals surface area contributed by atoms with Crippen molar-refractivity contribution in [3.8, 4) is 5.75 Å². The van der Waals surface area contributed by atoms with E-state index in [4.69, 9.17) is 4.74 Å². The second-order valence-corrected chi connectivity index (χ2v) is 7.99. The van der Waals surface area contributed by atoms with E-state index in [0.717, 1.165) is 5.69 Å². The van der Waals surface area contributed by atoms with Gasteiger partial charge in [-0.3, -0.25) is 14.9 Å². The molecule has 0 aliphatic rings. The Labute approximate surface area is 174 Å². The summed E-state index contributed by atoms with van der Waals surface area (Å²) in [5.41, 5.74) is 1.64. The first-order valence-electron chi connectivity index (χ1n) is 8.37. The number of anilines is 3. The Balaban J connectivity index is 1.56. The summed E-state index contributed by atoms with van der Waals surface area (Å²) >= 11 is 2.54. The normalized spacial score (nSPS) is 10.4. The number of carbonyl (C=O) groups excluding carboxylic acids is 1. The highest BCUT2D eigenvalue weighted by Gasteiger charge is 2.14. The van der Waals surface area contributed by atoms with Gasteiger partial charge in [-0.05, 0) is 25.1 Å². The molecule has 11 heteroatoms. The van der Waals surface area contributed by atoms with Gasteiger partial charge in [-0.25, -0.2) is 0 Å². The lowest BCUT2D eigenvalue weighted by Gasteiger charge is -2.07. The number of aryl methyl sites for hydroxylation is 1. The van der Waals surface area contributed by atoms with Crippen molar-refractivity contribution in [1.82, 2.24) is 10.2 Å². The average Bonchev–Trinajstić information content (AvgIpc) is 3.15. The average molecular weight is 431 g/mol. The van der Waals surface area contributed by atoms with Crippen LogP contribution in [0.4, 0.5) is 22.2 Å². The number of aromatic nitrogens is 2. The lowest BCUT2D eigenvalue weighted by Crippen LogP contribution is -2.14. The number of benzene rings is 2. The topological polar surface area (TPSA) is 119 Å². The van der Waals surface area contributed by atoms with Crippen LogP contribution in [-0.4, -0.2) is 33.9 Å². The highest BCUT2D eigenvalue weighted by molar-refractivity contribution is 8.01. The third-order valence-corrected chi connectivity index (χ3v) is 5.74. The molecular weight excluding hydrogens is 414 g/mol. The van der Waals surface area contributed by atoms with E-state index in [1.54, 1.807) is 26.2 Å². The van der Waals surface area contributed by atoms with E-state index in [1.165, 1.54) is 29.2 Å². The summed E-state index contributed by atoms with van der Waals surface area (Å²) in [7, 11) is 1.59. The molecule has 3 aromatic rings. The Hall–Kier alpha value is -3.18. The lowest BCUT2D eigenvalue weighted by atomic mass is 10.2. The fourth-order valence-corrected chi connectivity index (χ4v) is 3.95. The first-order chi connectivity index (χ1) is 14.0. The molecule has 0 saturated carbocycles. The van der Waals surface area contributed by atoms with E-state index in [2.05, 4.69) is 20.8 Å². The minimum Gasteiger partial charge on any atom is -0.495 e. The minimum absolute atomic E-state index is 0.0355. The number of nitro groups is 1. The van der Waals surface area contributed by atoms with E-state index in [-0.39, 0.29) is 17.3 Å². The van der Waals surface area contributed by atoms with Crippen LogP contribution in [-0.2, 0) is 4.79 Å². The van der Waals surface area contributed by atoms with Gasteiger partial charge >= 0.3 is 0 Å². The number of nitrogens with zero attached hydrogens (tertiary/aromatic N) is 3. The maximum atomic E-state index is 12.2.